The third-order valence-electron chi connectivity index (χ3n) is 3.82. The predicted octanol–water partition coefficient (Wildman–Crippen LogP) is 4.44. The summed E-state index contributed by atoms with van der Waals surface area (Å²) in [7, 11) is 0. The largest absolute Gasteiger partial charge is 0.438 e. The Hall–Kier alpha value is -3.25. The molecule has 128 valence electrons. The Morgan fingerprint density at radius 1 is 1.04 bits per heavy atom. The van der Waals surface area contributed by atoms with E-state index in [9.17, 15) is 4.79 Å². The van der Waals surface area contributed by atoms with Crippen LogP contribution in [0, 0.1) is 0 Å². The SMILES string of the molecule is CC(=O)c1cccc(Oc2ccc3nnc(-c4ccccc4Cl)n3n2)c1. The molecule has 0 N–H and O–H groups in total. The number of Topliss-reactive ketones (excluding diaryl/α,β-unsaturated/α-hetero) is 1. The van der Waals surface area contributed by atoms with E-state index in [0.717, 1.165) is 5.56 Å². The number of hydrogen-bond acceptors (Lipinski definition) is 5. The number of aromatic nitrogens is 4. The van der Waals surface area contributed by atoms with Crippen LogP contribution in [0.4, 0.5) is 0 Å². The average Bonchev–Trinajstić information content (AvgIpc) is 3.05. The van der Waals surface area contributed by atoms with Crippen molar-refractivity contribution in [2.75, 3.05) is 0 Å². The molecule has 0 aliphatic heterocycles. The molecule has 0 unspecified atom stereocenters. The smallest absolute Gasteiger partial charge is 0.237 e. The van der Waals surface area contributed by atoms with Crippen LogP contribution in [0.3, 0.4) is 0 Å². The van der Waals surface area contributed by atoms with Gasteiger partial charge in [-0.15, -0.1) is 15.3 Å². The first-order chi connectivity index (χ1) is 12.6. The molecule has 0 spiro atoms. The monoisotopic (exact) mass is 364 g/mol. The summed E-state index contributed by atoms with van der Waals surface area (Å²) in [6.45, 7) is 1.51. The molecule has 2 aromatic carbocycles. The summed E-state index contributed by atoms with van der Waals surface area (Å²) >= 11 is 6.26. The lowest BCUT2D eigenvalue weighted by atomic mass is 10.1. The van der Waals surface area contributed by atoms with Crippen LogP contribution < -0.4 is 4.74 Å². The molecule has 0 atom stereocenters. The van der Waals surface area contributed by atoms with E-state index in [4.69, 9.17) is 16.3 Å². The van der Waals surface area contributed by atoms with Crippen LogP contribution >= 0.6 is 11.6 Å². The Labute approximate surface area is 154 Å². The number of carbonyl (C=O) groups is 1. The second-order valence-corrected chi connectivity index (χ2v) is 6.04. The van der Waals surface area contributed by atoms with E-state index in [2.05, 4.69) is 15.3 Å². The summed E-state index contributed by atoms with van der Waals surface area (Å²) in [5.41, 5.74) is 1.87. The minimum absolute atomic E-state index is 0.0290. The second-order valence-electron chi connectivity index (χ2n) is 5.63. The van der Waals surface area contributed by atoms with Gasteiger partial charge in [0, 0.05) is 17.2 Å². The van der Waals surface area contributed by atoms with Crippen molar-refractivity contribution >= 4 is 23.0 Å². The summed E-state index contributed by atoms with van der Waals surface area (Å²) in [4.78, 5) is 11.5. The Kier molecular flexibility index (Phi) is 4.10. The number of nitrogens with zero attached hydrogens (tertiary/aromatic N) is 4. The highest BCUT2D eigenvalue weighted by Crippen LogP contribution is 2.27. The molecule has 0 radical (unpaired) electrons. The van der Waals surface area contributed by atoms with Crippen molar-refractivity contribution in [3.63, 3.8) is 0 Å². The van der Waals surface area contributed by atoms with Crippen LogP contribution in [0.1, 0.15) is 17.3 Å². The topological polar surface area (TPSA) is 69.4 Å². The van der Waals surface area contributed by atoms with E-state index in [0.29, 0.717) is 33.7 Å². The van der Waals surface area contributed by atoms with Gasteiger partial charge < -0.3 is 4.74 Å². The molecule has 6 nitrogen and oxygen atoms in total. The number of ketones is 1. The van der Waals surface area contributed by atoms with Crippen LogP contribution in [0.15, 0.2) is 60.7 Å². The van der Waals surface area contributed by atoms with Crippen molar-refractivity contribution in [2.45, 2.75) is 6.92 Å². The maximum Gasteiger partial charge on any atom is 0.237 e. The highest BCUT2D eigenvalue weighted by atomic mass is 35.5. The van der Waals surface area contributed by atoms with Crippen LogP contribution in [-0.4, -0.2) is 25.6 Å². The van der Waals surface area contributed by atoms with Gasteiger partial charge in [0.1, 0.15) is 5.75 Å². The average molecular weight is 365 g/mol. The number of benzene rings is 2. The van der Waals surface area contributed by atoms with Gasteiger partial charge in [0.15, 0.2) is 17.3 Å². The zero-order chi connectivity index (χ0) is 18.1. The van der Waals surface area contributed by atoms with Crippen LogP contribution in [0.5, 0.6) is 11.6 Å². The molecule has 0 fully saturated rings. The number of halogens is 1. The zero-order valence-corrected chi connectivity index (χ0v) is 14.5. The normalized spacial score (nSPS) is 10.8. The van der Waals surface area contributed by atoms with Crippen LogP contribution in [0.2, 0.25) is 5.02 Å². The highest BCUT2D eigenvalue weighted by molar-refractivity contribution is 6.33. The fourth-order valence-electron chi connectivity index (χ4n) is 2.54. The Morgan fingerprint density at radius 2 is 1.88 bits per heavy atom. The number of ether oxygens (including phenoxy) is 1. The molecular formula is C19H13ClN4O2. The first-order valence-electron chi connectivity index (χ1n) is 7.88. The van der Waals surface area contributed by atoms with Gasteiger partial charge in [0.05, 0.1) is 5.02 Å². The van der Waals surface area contributed by atoms with Crippen molar-refractivity contribution in [1.82, 2.24) is 19.8 Å². The Balaban J connectivity index is 1.74. The maximum atomic E-state index is 11.5. The number of rotatable bonds is 4. The van der Waals surface area contributed by atoms with Gasteiger partial charge in [-0.25, -0.2) is 0 Å². The molecule has 0 saturated carbocycles. The summed E-state index contributed by atoms with van der Waals surface area (Å²) in [6.07, 6.45) is 0. The molecule has 7 heteroatoms. The van der Waals surface area contributed by atoms with Gasteiger partial charge in [-0.1, -0.05) is 35.9 Å². The van der Waals surface area contributed by atoms with Gasteiger partial charge >= 0.3 is 0 Å². The van der Waals surface area contributed by atoms with E-state index < -0.39 is 0 Å². The quantitative estimate of drug-likeness (QED) is 0.501. The minimum atomic E-state index is -0.0290. The number of fused-ring (bicyclic) bond motifs is 1. The molecule has 0 bridgehead atoms. The van der Waals surface area contributed by atoms with Crippen molar-refractivity contribution in [1.29, 1.82) is 0 Å². The number of hydrogen-bond donors (Lipinski definition) is 0. The van der Waals surface area contributed by atoms with Crippen molar-refractivity contribution in [3.05, 3.63) is 71.2 Å². The van der Waals surface area contributed by atoms with E-state index in [1.165, 1.54) is 6.92 Å². The van der Waals surface area contributed by atoms with Crippen LogP contribution in [-0.2, 0) is 0 Å². The Morgan fingerprint density at radius 3 is 2.69 bits per heavy atom. The molecule has 0 aliphatic carbocycles. The third-order valence-corrected chi connectivity index (χ3v) is 4.15. The van der Waals surface area contributed by atoms with E-state index in [1.54, 1.807) is 47.0 Å². The summed E-state index contributed by atoms with van der Waals surface area (Å²) in [6, 6.07) is 17.7. The fourth-order valence-corrected chi connectivity index (χ4v) is 2.76. The van der Waals surface area contributed by atoms with Gasteiger partial charge in [0.2, 0.25) is 5.88 Å². The fraction of sp³-hybridized carbons (Fsp3) is 0.0526. The number of carbonyl (C=O) groups excluding carboxylic acids is 1. The van der Waals surface area contributed by atoms with E-state index >= 15 is 0 Å². The lowest BCUT2D eigenvalue weighted by Crippen LogP contribution is -1.99. The Bertz CT molecular complexity index is 1120. The molecule has 2 aromatic heterocycles. The standard InChI is InChI=1S/C19H13ClN4O2/c1-12(25)13-5-4-6-14(11-13)26-18-10-9-17-21-22-19(24(17)23-18)15-7-2-3-8-16(15)20/h2-11H,1H3. The lowest BCUT2D eigenvalue weighted by molar-refractivity contribution is 0.101. The lowest BCUT2D eigenvalue weighted by Gasteiger charge is -2.07. The van der Waals surface area contributed by atoms with Gasteiger partial charge in [-0.3, -0.25) is 4.79 Å². The van der Waals surface area contributed by atoms with Crippen LogP contribution in [0.25, 0.3) is 17.0 Å². The predicted molar refractivity (Wildman–Crippen MR) is 97.7 cm³/mol. The summed E-state index contributed by atoms with van der Waals surface area (Å²) in [5, 5.41) is 13.3. The van der Waals surface area contributed by atoms with Gasteiger partial charge in [-0.2, -0.15) is 4.52 Å². The minimum Gasteiger partial charge on any atom is -0.438 e. The zero-order valence-electron chi connectivity index (χ0n) is 13.8. The molecule has 26 heavy (non-hydrogen) atoms. The first-order valence-corrected chi connectivity index (χ1v) is 8.26. The van der Waals surface area contributed by atoms with Crippen molar-refractivity contribution in [3.8, 4) is 23.0 Å². The molecule has 0 aliphatic rings. The molecular weight excluding hydrogens is 352 g/mol. The molecule has 4 aromatic rings. The highest BCUT2D eigenvalue weighted by Gasteiger charge is 2.13. The summed E-state index contributed by atoms with van der Waals surface area (Å²) < 4.78 is 7.37. The summed E-state index contributed by atoms with van der Waals surface area (Å²) in [5.74, 6) is 1.37. The van der Waals surface area contributed by atoms with E-state index in [-0.39, 0.29) is 5.78 Å². The van der Waals surface area contributed by atoms with Gasteiger partial charge in [0.25, 0.3) is 0 Å². The van der Waals surface area contributed by atoms with Gasteiger partial charge in [-0.05, 0) is 37.3 Å². The van der Waals surface area contributed by atoms with Crippen molar-refractivity contribution in [2.24, 2.45) is 0 Å². The first kappa shape index (κ1) is 16.2. The van der Waals surface area contributed by atoms with Crippen molar-refractivity contribution < 1.29 is 9.53 Å². The molecule has 2 heterocycles. The van der Waals surface area contributed by atoms with E-state index in [1.807, 2.05) is 18.2 Å². The molecule has 0 saturated heterocycles. The maximum absolute atomic E-state index is 11.5. The second kappa shape index (κ2) is 6.57. The molecule has 0 amide bonds. The molecule has 4 rings (SSSR count). The third kappa shape index (κ3) is 3.02.